The summed E-state index contributed by atoms with van der Waals surface area (Å²) in [5.41, 5.74) is 1.62. The van der Waals surface area contributed by atoms with E-state index in [0.29, 0.717) is 19.5 Å². The predicted octanol–water partition coefficient (Wildman–Crippen LogP) is 2.05. The van der Waals surface area contributed by atoms with Gasteiger partial charge in [0.2, 0.25) is 11.8 Å². The normalized spacial score (nSPS) is 17.3. The van der Waals surface area contributed by atoms with Crippen LogP contribution in [-0.4, -0.2) is 34.3 Å². The average Bonchev–Trinajstić information content (AvgIpc) is 3.07. The molecule has 1 aliphatic heterocycles. The van der Waals surface area contributed by atoms with E-state index in [4.69, 9.17) is 0 Å². The molecule has 0 radical (unpaired) electrons. The number of aryl methyl sites for hydroxylation is 1. The van der Waals surface area contributed by atoms with Crippen molar-refractivity contribution in [3.63, 3.8) is 0 Å². The van der Waals surface area contributed by atoms with Crippen LogP contribution in [0.15, 0.2) is 29.6 Å². The Hall–Kier alpha value is -2.28. The summed E-state index contributed by atoms with van der Waals surface area (Å²) in [6, 6.07) is 5.90. The van der Waals surface area contributed by atoms with Gasteiger partial charge in [0.05, 0.1) is 23.2 Å². The van der Waals surface area contributed by atoms with Gasteiger partial charge < -0.3 is 10.2 Å². The Morgan fingerprint density at radius 2 is 2.17 bits per heavy atom. The lowest BCUT2D eigenvalue weighted by molar-refractivity contribution is -0.128. The summed E-state index contributed by atoms with van der Waals surface area (Å²) in [5, 5.41) is 5.70. The topological polar surface area (TPSA) is 62.3 Å². The maximum atomic E-state index is 12.9. The number of aromatic nitrogens is 1. The molecule has 7 heteroatoms. The van der Waals surface area contributed by atoms with E-state index in [-0.39, 0.29) is 30.1 Å². The Balaban J connectivity index is 1.52. The molecule has 0 spiro atoms. The molecule has 1 saturated heterocycles. The summed E-state index contributed by atoms with van der Waals surface area (Å²) >= 11 is 1.51. The van der Waals surface area contributed by atoms with Gasteiger partial charge in [0.15, 0.2) is 0 Å². The van der Waals surface area contributed by atoms with E-state index >= 15 is 0 Å². The van der Waals surface area contributed by atoms with Gasteiger partial charge in [-0.15, -0.1) is 11.3 Å². The highest BCUT2D eigenvalue weighted by atomic mass is 32.1. The molecule has 2 amide bonds. The first-order valence-electron chi connectivity index (χ1n) is 7.72. The van der Waals surface area contributed by atoms with Crippen LogP contribution >= 0.6 is 11.3 Å². The van der Waals surface area contributed by atoms with Crippen LogP contribution in [0.4, 0.5) is 4.39 Å². The summed E-state index contributed by atoms with van der Waals surface area (Å²) in [5.74, 6) is -0.426. The summed E-state index contributed by atoms with van der Waals surface area (Å²) in [4.78, 5) is 30.1. The molecule has 0 unspecified atom stereocenters. The lowest BCUT2D eigenvalue weighted by Crippen LogP contribution is -2.37. The maximum Gasteiger partial charge on any atom is 0.226 e. The summed E-state index contributed by atoms with van der Waals surface area (Å²) in [7, 11) is 0. The van der Waals surface area contributed by atoms with Gasteiger partial charge in [0, 0.05) is 24.9 Å². The highest BCUT2D eigenvalue weighted by Gasteiger charge is 2.30. The number of rotatable bonds is 5. The first-order valence-corrected chi connectivity index (χ1v) is 8.60. The smallest absolute Gasteiger partial charge is 0.226 e. The molecule has 126 valence electrons. The van der Waals surface area contributed by atoms with E-state index in [1.54, 1.807) is 17.0 Å². The number of hydrogen-bond donors (Lipinski definition) is 1. The Kier molecular flexibility index (Phi) is 4.89. The SMILES string of the molecule is Cc1nc(CC(=O)N[C@@H]2CC(=O)N(Cc3ccc(F)cc3)C2)cs1. The fraction of sp³-hybridized carbons (Fsp3) is 0.353. The van der Waals surface area contributed by atoms with E-state index in [0.717, 1.165) is 16.3 Å². The number of halogens is 1. The van der Waals surface area contributed by atoms with Crippen molar-refractivity contribution in [2.75, 3.05) is 6.54 Å². The fourth-order valence-corrected chi connectivity index (χ4v) is 3.38. The molecule has 1 aromatic carbocycles. The third-order valence-electron chi connectivity index (χ3n) is 3.87. The lowest BCUT2D eigenvalue weighted by atomic mass is 10.2. The van der Waals surface area contributed by atoms with Gasteiger partial charge in [-0.3, -0.25) is 9.59 Å². The number of likely N-dealkylation sites (tertiary alicyclic amines) is 1. The Bertz CT molecular complexity index is 745. The third-order valence-corrected chi connectivity index (χ3v) is 4.70. The van der Waals surface area contributed by atoms with E-state index < -0.39 is 0 Å². The van der Waals surface area contributed by atoms with Gasteiger partial charge in [0.25, 0.3) is 0 Å². The van der Waals surface area contributed by atoms with Crippen LogP contribution in [0, 0.1) is 12.7 Å². The molecule has 1 aliphatic rings. The minimum atomic E-state index is -0.297. The second kappa shape index (κ2) is 7.09. The Labute approximate surface area is 143 Å². The summed E-state index contributed by atoms with van der Waals surface area (Å²) in [6.07, 6.45) is 0.524. The van der Waals surface area contributed by atoms with Gasteiger partial charge in [-0.05, 0) is 24.6 Å². The predicted molar refractivity (Wildman–Crippen MR) is 88.9 cm³/mol. The summed E-state index contributed by atoms with van der Waals surface area (Å²) < 4.78 is 12.9. The minimum Gasteiger partial charge on any atom is -0.351 e. The van der Waals surface area contributed by atoms with E-state index in [2.05, 4.69) is 10.3 Å². The first kappa shape index (κ1) is 16.6. The number of hydrogen-bond acceptors (Lipinski definition) is 4. The van der Waals surface area contributed by atoms with Crippen LogP contribution in [0.1, 0.15) is 22.7 Å². The minimum absolute atomic E-state index is 0.00544. The lowest BCUT2D eigenvalue weighted by Gasteiger charge is -2.17. The molecule has 0 saturated carbocycles. The fourth-order valence-electron chi connectivity index (χ4n) is 2.76. The van der Waals surface area contributed by atoms with Gasteiger partial charge in [-0.2, -0.15) is 0 Å². The molecule has 5 nitrogen and oxygen atoms in total. The molecule has 1 atom stereocenters. The second-order valence-corrected chi connectivity index (χ2v) is 6.97. The van der Waals surface area contributed by atoms with Crippen molar-refractivity contribution in [1.82, 2.24) is 15.2 Å². The van der Waals surface area contributed by atoms with Gasteiger partial charge >= 0.3 is 0 Å². The zero-order valence-electron chi connectivity index (χ0n) is 13.3. The molecule has 1 N–H and O–H groups in total. The van der Waals surface area contributed by atoms with E-state index in [9.17, 15) is 14.0 Å². The van der Waals surface area contributed by atoms with Crippen LogP contribution in [0.3, 0.4) is 0 Å². The van der Waals surface area contributed by atoms with Crippen LogP contribution in [0.5, 0.6) is 0 Å². The van der Waals surface area contributed by atoms with Crippen LogP contribution < -0.4 is 5.32 Å². The molecule has 24 heavy (non-hydrogen) atoms. The molecule has 1 aromatic heterocycles. The number of carbonyl (C=O) groups excluding carboxylic acids is 2. The van der Waals surface area contributed by atoms with Crippen LogP contribution in [0.2, 0.25) is 0 Å². The van der Waals surface area contributed by atoms with E-state index in [1.807, 2.05) is 12.3 Å². The molecule has 3 rings (SSSR count). The zero-order chi connectivity index (χ0) is 17.1. The van der Waals surface area contributed by atoms with Crippen LogP contribution in [-0.2, 0) is 22.6 Å². The Morgan fingerprint density at radius 1 is 1.42 bits per heavy atom. The average molecular weight is 347 g/mol. The molecule has 2 aromatic rings. The van der Waals surface area contributed by atoms with Crippen molar-refractivity contribution in [2.45, 2.75) is 32.4 Å². The number of nitrogens with one attached hydrogen (secondary N) is 1. The number of carbonyl (C=O) groups is 2. The van der Waals surface area contributed by atoms with Gasteiger partial charge in [-0.1, -0.05) is 12.1 Å². The monoisotopic (exact) mass is 347 g/mol. The molecule has 0 aliphatic carbocycles. The Morgan fingerprint density at radius 3 is 2.83 bits per heavy atom. The van der Waals surface area contributed by atoms with Crippen molar-refractivity contribution in [3.8, 4) is 0 Å². The molecule has 1 fully saturated rings. The van der Waals surface area contributed by atoms with Crippen molar-refractivity contribution in [2.24, 2.45) is 0 Å². The highest BCUT2D eigenvalue weighted by molar-refractivity contribution is 7.09. The number of amides is 2. The molecule has 2 heterocycles. The standard InChI is InChI=1S/C17H18FN3O2S/c1-11-19-15(10-24-11)6-16(22)20-14-7-17(23)21(9-14)8-12-2-4-13(18)5-3-12/h2-5,10,14H,6-9H2,1H3,(H,20,22)/t14-/m1/s1. The quantitative estimate of drug-likeness (QED) is 0.900. The second-order valence-electron chi connectivity index (χ2n) is 5.90. The molecule has 0 bridgehead atoms. The van der Waals surface area contributed by atoms with Gasteiger partial charge in [0.1, 0.15) is 5.82 Å². The largest absolute Gasteiger partial charge is 0.351 e. The number of thiazole rings is 1. The van der Waals surface area contributed by atoms with E-state index in [1.165, 1.54) is 23.5 Å². The molecular formula is C17H18FN3O2S. The van der Waals surface area contributed by atoms with Crippen molar-refractivity contribution < 1.29 is 14.0 Å². The number of benzene rings is 1. The van der Waals surface area contributed by atoms with Crippen molar-refractivity contribution >= 4 is 23.2 Å². The third kappa shape index (κ3) is 4.17. The van der Waals surface area contributed by atoms with Crippen molar-refractivity contribution in [1.29, 1.82) is 0 Å². The zero-order valence-corrected chi connectivity index (χ0v) is 14.1. The van der Waals surface area contributed by atoms with Crippen molar-refractivity contribution in [3.05, 3.63) is 51.7 Å². The van der Waals surface area contributed by atoms with Gasteiger partial charge in [-0.25, -0.2) is 9.37 Å². The maximum absolute atomic E-state index is 12.9. The molecular weight excluding hydrogens is 329 g/mol. The number of nitrogens with zero attached hydrogens (tertiary/aromatic N) is 2. The summed E-state index contributed by atoms with van der Waals surface area (Å²) in [6.45, 7) is 2.80. The highest BCUT2D eigenvalue weighted by Crippen LogP contribution is 2.16. The van der Waals surface area contributed by atoms with Crippen LogP contribution in [0.25, 0.3) is 0 Å². The first-order chi connectivity index (χ1) is 11.5.